The van der Waals surface area contributed by atoms with Gasteiger partial charge in [-0.15, -0.1) is 0 Å². The van der Waals surface area contributed by atoms with Gasteiger partial charge in [0.25, 0.3) is 11.8 Å². The highest BCUT2D eigenvalue weighted by atomic mass is 16.5. The summed E-state index contributed by atoms with van der Waals surface area (Å²) >= 11 is 0. The Morgan fingerprint density at radius 2 is 1.13 bits per heavy atom. The Kier molecular flexibility index (Phi) is 14.8. The van der Waals surface area contributed by atoms with Gasteiger partial charge in [0.05, 0.1) is 81.8 Å². The molecule has 0 aromatic heterocycles. The molecular weight excluding hydrogens is 879 g/mol. The van der Waals surface area contributed by atoms with Crippen LogP contribution in [0.3, 0.4) is 0 Å². The molecule has 0 spiro atoms. The number of fused-ring (bicyclic) bond motifs is 8. The molecule has 1 unspecified atom stereocenters. The quantitative estimate of drug-likeness (QED) is 0.0654. The number of amides is 2. The second-order valence-corrected chi connectivity index (χ2v) is 17.8. The second kappa shape index (κ2) is 21.6. The van der Waals surface area contributed by atoms with Crippen molar-refractivity contribution in [2.24, 2.45) is 0 Å². The van der Waals surface area contributed by atoms with E-state index < -0.39 is 0 Å². The fraction of sp³-hybridized carbons (Fsp3) is 0.389. The van der Waals surface area contributed by atoms with E-state index in [4.69, 9.17) is 33.2 Å². The van der Waals surface area contributed by atoms with E-state index in [0.717, 1.165) is 52.2 Å². The van der Waals surface area contributed by atoms with Crippen molar-refractivity contribution in [3.8, 4) is 23.0 Å². The molecule has 2 N–H and O–H groups in total. The third kappa shape index (κ3) is 10.5. The van der Waals surface area contributed by atoms with Gasteiger partial charge in [-0.1, -0.05) is 36.4 Å². The van der Waals surface area contributed by atoms with Crippen molar-refractivity contribution in [2.45, 2.75) is 57.9 Å². The van der Waals surface area contributed by atoms with Crippen molar-refractivity contribution in [1.82, 2.24) is 0 Å². The van der Waals surface area contributed by atoms with Crippen molar-refractivity contribution < 1.29 is 47.5 Å². The average molecular weight is 940 g/mol. The lowest BCUT2D eigenvalue weighted by molar-refractivity contribution is -0.117. The number of Topliss-reactive ketones (excluding diaryl/α,β-unsaturated/α-hetero) is 1. The number of carbonyl (C=O) groups is 3. The fourth-order valence-corrected chi connectivity index (χ4v) is 9.77. The number of rotatable bonds is 22. The van der Waals surface area contributed by atoms with Gasteiger partial charge >= 0.3 is 0 Å². The minimum absolute atomic E-state index is 0.0144. The van der Waals surface area contributed by atoms with E-state index in [-0.39, 0.29) is 42.9 Å². The zero-order valence-electron chi connectivity index (χ0n) is 39.8. The predicted octanol–water partition coefficient (Wildman–Crippen LogP) is 7.71. The molecule has 15 nitrogen and oxygen atoms in total. The lowest BCUT2D eigenvalue weighted by Crippen LogP contribution is -2.39. The van der Waals surface area contributed by atoms with Crippen molar-refractivity contribution in [1.29, 1.82) is 0 Å². The largest absolute Gasteiger partial charge is 0.493 e. The Hall–Kier alpha value is -6.81. The lowest BCUT2D eigenvalue weighted by Gasteiger charge is -2.26. The number of hydrogen-bond donors (Lipinski definition) is 2. The molecule has 0 aliphatic carbocycles. The van der Waals surface area contributed by atoms with Crippen LogP contribution in [0.2, 0.25) is 0 Å². The van der Waals surface area contributed by atoms with Gasteiger partial charge in [0.15, 0.2) is 23.0 Å². The molecule has 2 atom stereocenters. The minimum atomic E-state index is -0.0841. The van der Waals surface area contributed by atoms with Crippen LogP contribution >= 0.6 is 0 Å². The van der Waals surface area contributed by atoms with Crippen LogP contribution in [0.15, 0.2) is 91.0 Å². The number of carbonyl (C=O) groups excluding carboxylic acids is 3. The fourth-order valence-electron chi connectivity index (χ4n) is 9.77. The van der Waals surface area contributed by atoms with Gasteiger partial charge in [0.2, 0.25) is 0 Å². The molecule has 69 heavy (non-hydrogen) atoms. The van der Waals surface area contributed by atoms with Crippen LogP contribution in [0.1, 0.15) is 62.7 Å². The first kappa shape index (κ1) is 47.3. The molecule has 4 heterocycles. The summed E-state index contributed by atoms with van der Waals surface area (Å²) in [6, 6.07) is 29.5. The lowest BCUT2D eigenvalue weighted by atomic mass is 10.1. The van der Waals surface area contributed by atoms with Crippen LogP contribution in [-0.2, 0) is 45.1 Å². The number of methoxy groups -OCH3 is 3. The molecule has 4 aliphatic heterocycles. The van der Waals surface area contributed by atoms with Crippen LogP contribution in [0.5, 0.6) is 23.0 Å². The minimum Gasteiger partial charge on any atom is -0.493 e. The number of nitrogens with one attached hydrogen (secondary N) is 2. The van der Waals surface area contributed by atoms with E-state index in [1.54, 1.807) is 40.4 Å². The van der Waals surface area contributed by atoms with Gasteiger partial charge in [-0.3, -0.25) is 9.59 Å². The van der Waals surface area contributed by atoms with Gasteiger partial charge in [-0.2, -0.15) is 0 Å². The summed E-state index contributed by atoms with van der Waals surface area (Å²) in [7, 11) is 4.79. The van der Waals surface area contributed by atoms with E-state index in [1.807, 2.05) is 64.4 Å². The summed E-state index contributed by atoms with van der Waals surface area (Å²) in [5.41, 5.74) is 9.21. The maximum Gasteiger partial charge on any atom is 0.260 e. The zero-order chi connectivity index (χ0) is 47.9. The van der Waals surface area contributed by atoms with Crippen LogP contribution in [0, 0.1) is 0 Å². The van der Waals surface area contributed by atoms with Gasteiger partial charge in [-0.25, -0.2) is 0 Å². The molecule has 0 fully saturated rings. The number of para-hydroxylation sites is 2. The van der Waals surface area contributed by atoms with Crippen molar-refractivity contribution in [2.75, 3.05) is 106 Å². The maximum atomic E-state index is 14.1. The highest BCUT2D eigenvalue weighted by Gasteiger charge is 2.39. The first-order chi connectivity index (χ1) is 33.7. The molecule has 362 valence electrons. The van der Waals surface area contributed by atoms with Crippen LogP contribution in [0.4, 0.5) is 28.4 Å². The third-order valence-corrected chi connectivity index (χ3v) is 13.2. The first-order valence-electron chi connectivity index (χ1n) is 23.7. The monoisotopic (exact) mass is 939 g/mol. The molecule has 4 aliphatic rings. The number of ether oxygens (including phenoxy) is 7. The van der Waals surface area contributed by atoms with Crippen molar-refractivity contribution in [3.05, 3.63) is 124 Å². The SMILES string of the molecule is COCCOCCOCCN(CCCC(C)=O)c1cc(COc2cc3c(cc2OC)C(=O)N2c4ccccc4CC2CN3)cc(COc2cc3c(cc2OC)C(=O)N2c4ccccc4C[C@H]2CN3)c1. The van der Waals surface area contributed by atoms with Gasteiger partial charge in [0.1, 0.15) is 19.0 Å². The summed E-state index contributed by atoms with van der Waals surface area (Å²) in [6.07, 6.45) is 2.66. The predicted molar refractivity (Wildman–Crippen MR) is 265 cm³/mol. The van der Waals surface area contributed by atoms with Gasteiger partial charge in [0, 0.05) is 68.9 Å². The van der Waals surface area contributed by atoms with E-state index >= 15 is 0 Å². The summed E-state index contributed by atoms with van der Waals surface area (Å²) in [6.45, 7) is 6.62. The Morgan fingerprint density at radius 3 is 1.64 bits per heavy atom. The number of benzene rings is 5. The maximum absolute atomic E-state index is 14.1. The highest BCUT2D eigenvalue weighted by Crippen LogP contribution is 2.43. The number of ketones is 1. The molecule has 0 bridgehead atoms. The number of anilines is 5. The molecule has 0 saturated heterocycles. The number of hydrogen-bond acceptors (Lipinski definition) is 13. The Bertz CT molecular complexity index is 2520. The smallest absolute Gasteiger partial charge is 0.260 e. The topological polar surface area (TPSA) is 150 Å². The van der Waals surface area contributed by atoms with E-state index in [2.05, 4.69) is 39.8 Å². The van der Waals surface area contributed by atoms with E-state index in [9.17, 15) is 14.4 Å². The van der Waals surface area contributed by atoms with Crippen LogP contribution in [-0.4, -0.2) is 110 Å². The summed E-state index contributed by atoms with van der Waals surface area (Å²) < 4.78 is 41.6. The van der Waals surface area contributed by atoms with Crippen molar-refractivity contribution in [3.63, 3.8) is 0 Å². The van der Waals surface area contributed by atoms with Gasteiger partial charge < -0.3 is 63.3 Å². The summed E-state index contributed by atoms with van der Waals surface area (Å²) in [5, 5.41) is 7.06. The molecule has 9 rings (SSSR count). The van der Waals surface area contributed by atoms with E-state index in [1.165, 1.54) is 0 Å². The number of nitrogens with zero attached hydrogens (tertiary/aromatic N) is 3. The molecule has 5 aromatic carbocycles. The molecule has 0 saturated carbocycles. The molecule has 15 heteroatoms. The zero-order valence-corrected chi connectivity index (χ0v) is 39.8. The summed E-state index contributed by atoms with van der Waals surface area (Å²) in [5.74, 6) is 1.82. The van der Waals surface area contributed by atoms with Crippen molar-refractivity contribution >= 4 is 46.0 Å². The standard InChI is InChI=1S/C54H61N5O10/c1-35(60)10-9-15-57(16-17-66-20-21-67-19-18-63-2)40-23-36(33-68-51-29-45-43(27-49(51)64-3)53(61)58-41(31-55-45)25-38-11-5-7-13-47(38)58)22-37(24-40)34-69-52-30-46-44(28-50(52)65-4)54(62)59-42(32-56-46)26-39-12-6-8-14-48(39)59/h5-8,11-14,22-24,27-30,41-42,55-56H,9-10,15-21,25-26,31-34H2,1-4H3/t41-,42?/m0/s1. The second-order valence-electron chi connectivity index (χ2n) is 17.8. The highest BCUT2D eigenvalue weighted by molar-refractivity contribution is 6.13. The van der Waals surface area contributed by atoms with Crippen LogP contribution < -0.4 is 44.3 Å². The third-order valence-electron chi connectivity index (χ3n) is 13.2. The van der Waals surface area contributed by atoms with Crippen LogP contribution in [0.25, 0.3) is 0 Å². The molecule has 2 amide bonds. The normalized spacial score (nSPS) is 16.4. The Labute approximate surface area is 403 Å². The van der Waals surface area contributed by atoms with E-state index in [0.29, 0.717) is 118 Å². The molecular formula is C54H61N5O10. The van der Waals surface area contributed by atoms with Gasteiger partial charge in [-0.05, 0) is 90.9 Å². The summed E-state index contributed by atoms with van der Waals surface area (Å²) in [4.78, 5) is 46.4. The molecule has 5 aromatic rings. The average Bonchev–Trinajstić information content (AvgIpc) is 3.85. The Morgan fingerprint density at radius 1 is 0.623 bits per heavy atom. The molecule has 0 radical (unpaired) electrons. The Balaban J connectivity index is 0.980. The first-order valence-corrected chi connectivity index (χ1v) is 23.7.